The van der Waals surface area contributed by atoms with Gasteiger partial charge in [0.15, 0.2) is 5.75 Å². The molecule has 0 spiro atoms. The second-order valence-electron chi connectivity index (χ2n) is 4.26. The van der Waals surface area contributed by atoms with E-state index in [0.29, 0.717) is 17.3 Å². The maximum absolute atomic E-state index is 11.5. The van der Waals surface area contributed by atoms with Crippen LogP contribution < -0.4 is 16.0 Å². The number of aromatic amines is 1. The van der Waals surface area contributed by atoms with Gasteiger partial charge in [0, 0.05) is 5.92 Å². The molecule has 0 bridgehead atoms. The van der Waals surface area contributed by atoms with Gasteiger partial charge in [0.2, 0.25) is 5.88 Å². The lowest BCUT2D eigenvalue weighted by Gasteiger charge is -2.09. The smallest absolute Gasteiger partial charge is 0.254 e. The summed E-state index contributed by atoms with van der Waals surface area (Å²) in [7, 11) is 0. The molecule has 1 aromatic heterocycles. The predicted octanol–water partition coefficient (Wildman–Crippen LogP) is 2.27. The third kappa shape index (κ3) is 2.68. The first-order valence-electron chi connectivity index (χ1n) is 5.70. The summed E-state index contributed by atoms with van der Waals surface area (Å²) in [6.45, 7) is 3.89. The third-order valence-electron chi connectivity index (χ3n) is 2.42. The lowest BCUT2D eigenvalue weighted by atomic mass is 10.2. The van der Waals surface area contributed by atoms with Gasteiger partial charge >= 0.3 is 0 Å². The predicted molar refractivity (Wildman–Crippen MR) is 69.9 cm³/mol. The molecule has 0 aliphatic carbocycles. The Hall–Kier alpha value is -2.30. The molecule has 1 aromatic carbocycles. The van der Waals surface area contributed by atoms with Gasteiger partial charge in [-0.25, -0.2) is 0 Å². The molecule has 0 radical (unpaired) electrons. The van der Waals surface area contributed by atoms with Crippen molar-refractivity contribution in [1.29, 1.82) is 0 Å². The molecule has 5 nitrogen and oxygen atoms in total. The fourth-order valence-corrected chi connectivity index (χ4v) is 1.47. The van der Waals surface area contributed by atoms with Gasteiger partial charge < -0.3 is 15.5 Å². The summed E-state index contributed by atoms with van der Waals surface area (Å²) in [6.07, 6.45) is 0. The molecular formula is C13H15N3O2. The summed E-state index contributed by atoms with van der Waals surface area (Å²) in [5.74, 6) is 1.45. The van der Waals surface area contributed by atoms with Crippen molar-refractivity contribution in [2.24, 2.45) is 0 Å². The van der Waals surface area contributed by atoms with E-state index in [1.54, 1.807) is 12.1 Å². The highest BCUT2D eigenvalue weighted by Crippen LogP contribution is 2.25. The number of H-pyrrole nitrogens is 1. The molecule has 2 aromatic rings. The Morgan fingerprint density at radius 2 is 2.06 bits per heavy atom. The average molecular weight is 245 g/mol. The van der Waals surface area contributed by atoms with Crippen LogP contribution in [-0.2, 0) is 0 Å². The molecule has 0 aliphatic heterocycles. The maximum atomic E-state index is 11.5. The number of aromatic nitrogens is 2. The number of anilines is 1. The quantitative estimate of drug-likeness (QED) is 0.813. The maximum Gasteiger partial charge on any atom is 0.254 e. The summed E-state index contributed by atoms with van der Waals surface area (Å²) >= 11 is 0. The van der Waals surface area contributed by atoms with Gasteiger partial charge in [-0.1, -0.05) is 26.0 Å². The van der Waals surface area contributed by atoms with Crippen LogP contribution in [0.5, 0.6) is 11.6 Å². The van der Waals surface area contributed by atoms with Gasteiger partial charge in [0.05, 0.1) is 11.8 Å². The van der Waals surface area contributed by atoms with E-state index >= 15 is 0 Å². The van der Waals surface area contributed by atoms with Crippen molar-refractivity contribution in [3.63, 3.8) is 0 Å². The molecule has 0 amide bonds. The van der Waals surface area contributed by atoms with Gasteiger partial charge in [0.1, 0.15) is 5.82 Å². The normalized spacial score (nSPS) is 10.6. The van der Waals surface area contributed by atoms with Crippen molar-refractivity contribution in [2.45, 2.75) is 19.8 Å². The summed E-state index contributed by atoms with van der Waals surface area (Å²) in [5, 5.41) is 0. The Kier molecular flexibility index (Phi) is 3.32. The van der Waals surface area contributed by atoms with Gasteiger partial charge in [-0.05, 0) is 12.1 Å². The number of nitrogens with two attached hydrogens (primary N) is 1. The topological polar surface area (TPSA) is 81.0 Å². The number of para-hydroxylation sites is 2. The Morgan fingerprint density at radius 3 is 2.72 bits per heavy atom. The van der Waals surface area contributed by atoms with E-state index in [9.17, 15) is 4.79 Å². The monoisotopic (exact) mass is 245 g/mol. The van der Waals surface area contributed by atoms with Crippen molar-refractivity contribution in [3.05, 3.63) is 46.5 Å². The number of nitrogens with zero attached hydrogens (tertiary/aromatic N) is 1. The first-order chi connectivity index (χ1) is 8.56. The first kappa shape index (κ1) is 12.2. The van der Waals surface area contributed by atoms with Crippen LogP contribution in [0.3, 0.4) is 0 Å². The van der Waals surface area contributed by atoms with E-state index < -0.39 is 0 Å². The van der Waals surface area contributed by atoms with Crippen molar-refractivity contribution in [1.82, 2.24) is 9.97 Å². The highest BCUT2D eigenvalue weighted by atomic mass is 16.5. The van der Waals surface area contributed by atoms with Gasteiger partial charge in [-0.2, -0.15) is 4.98 Å². The van der Waals surface area contributed by atoms with Crippen molar-refractivity contribution < 1.29 is 4.74 Å². The van der Waals surface area contributed by atoms with Crippen molar-refractivity contribution in [2.75, 3.05) is 5.73 Å². The molecule has 3 N–H and O–H groups in total. The van der Waals surface area contributed by atoms with E-state index in [2.05, 4.69) is 9.97 Å². The average Bonchev–Trinajstić information content (AvgIpc) is 2.31. The number of ether oxygens (including phenoxy) is 1. The number of nitrogens with one attached hydrogen (secondary N) is 1. The molecule has 5 heteroatoms. The highest BCUT2D eigenvalue weighted by molar-refractivity contribution is 5.52. The standard InChI is InChI=1S/C13H15N3O2/c1-8(2)13-15-11(17)7-12(16-13)18-10-6-4-3-5-9(10)14/h3-8H,14H2,1-2H3,(H,15,16,17). The Bertz CT molecular complexity index is 605. The Labute approximate surface area is 105 Å². The van der Waals surface area contributed by atoms with E-state index in [4.69, 9.17) is 10.5 Å². The van der Waals surface area contributed by atoms with Gasteiger partial charge in [-0.15, -0.1) is 0 Å². The molecule has 2 rings (SSSR count). The zero-order valence-corrected chi connectivity index (χ0v) is 10.3. The number of hydrogen-bond donors (Lipinski definition) is 2. The molecule has 0 aliphatic rings. The van der Waals surface area contributed by atoms with Crippen LogP contribution in [0.1, 0.15) is 25.6 Å². The second-order valence-corrected chi connectivity index (χ2v) is 4.26. The highest BCUT2D eigenvalue weighted by Gasteiger charge is 2.08. The van der Waals surface area contributed by atoms with Crippen molar-refractivity contribution in [3.8, 4) is 11.6 Å². The number of hydrogen-bond acceptors (Lipinski definition) is 4. The van der Waals surface area contributed by atoms with E-state index in [1.807, 2.05) is 26.0 Å². The van der Waals surface area contributed by atoms with Crippen LogP contribution in [0.2, 0.25) is 0 Å². The van der Waals surface area contributed by atoms with Crippen LogP contribution >= 0.6 is 0 Å². The first-order valence-corrected chi connectivity index (χ1v) is 5.70. The molecule has 0 fully saturated rings. The molecule has 18 heavy (non-hydrogen) atoms. The van der Waals surface area contributed by atoms with E-state index in [-0.39, 0.29) is 17.4 Å². The molecule has 1 heterocycles. The summed E-state index contributed by atoms with van der Waals surface area (Å²) < 4.78 is 5.52. The van der Waals surface area contributed by atoms with Crippen LogP contribution in [-0.4, -0.2) is 9.97 Å². The van der Waals surface area contributed by atoms with Crippen molar-refractivity contribution >= 4 is 5.69 Å². The van der Waals surface area contributed by atoms with Gasteiger partial charge in [-0.3, -0.25) is 4.79 Å². The molecular weight excluding hydrogens is 230 g/mol. The Balaban J connectivity index is 2.35. The van der Waals surface area contributed by atoms with Crippen LogP contribution in [0.25, 0.3) is 0 Å². The number of benzene rings is 1. The Morgan fingerprint density at radius 1 is 1.33 bits per heavy atom. The summed E-state index contributed by atoms with van der Waals surface area (Å²) in [6, 6.07) is 8.38. The van der Waals surface area contributed by atoms with Crippen LogP contribution in [0, 0.1) is 0 Å². The summed E-state index contributed by atoms with van der Waals surface area (Å²) in [4.78, 5) is 18.4. The van der Waals surface area contributed by atoms with Crippen LogP contribution in [0.15, 0.2) is 35.1 Å². The fourth-order valence-electron chi connectivity index (χ4n) is 1.47. The minimum Gasteiger partial charge on any atom is -0.437 e. The minimum atomic E-state index is -0.238. The zero-order chi connectivity index (χ0) is 13.1. The zero-order valence-electron chi connectivity index (χ0n) is 10.3. The number of rotatable bonds is 3. The molecule has 0 saturated carbocycles. The second kappa shape index (κ2) is 4.91. The lowest BCUT2D eigenvalue weighted by molar-refractivity contribution is 0.458. The largest absolute Gasteiger partial charge is 0.437 e. The minimum absolute atomic E-state index is 0.120. The third-order valence-corrected chi connectivity index (χ3v) is 2.42. The molecule has 94 valence electrons. The number of nitrogen functional groups attached to an aromatic ring is 1. The molecule has 0 atom stereocenters. The van der Waals surface area contributed by atoms with E-state index in [1.165, 1.54) is 6.07 Å². The SMILES string of the molecule is CC(C)c1nc(Oc2ccccc2N)cc(=O)[nH]1. The fraction of sp³-hybridized carbons (Fsp3) is 0.231. The molecule has 0 saturated heterocycles. The van der Waals surface area contributed by atoms with Gasteiger partial charge in [0.25, 0.3) is 5.56 Å². The van der Waals surface area contributed by atoms with E-state index in [0.717, 1.165) is 0 Å². The molecule has 0 unspecified atom stereocenters. The van der Waals surface area contributed by atoms with Crippen LogP contribution in [0.4, 0.5) is 5.69 Å². The lowest BCUT2D eigenvalue weighted by Crippen LogP contribution is -2.12. The summed E-state index contributed by atoms with van der Waals surface area (Å²) in [5.41, 5.74) is 6.03.